The first-order valence-electron chi connectivity index (χ1n) is 10.1. The van der Waals surface area contributed by atoms with Gasteiger partial charge in [-0.15, -0.1) is 0 Å². The average Bonchev–Trinajstić information content (AvgIpc) is 3.23. The molecule has 0 aliphatic heterocycles. The Hall–Kier alpha value is -3.38. The van der Waals surface area contributed by atoms with Crippen LogP contribution in [0.5, 0.6) is 5.75 Å². The average molecular weight is 436 g/mol. The van der Waals surface area contributed by atoms with Gasteiger partial charge in [-0.2, -0.15) is 4.98 Å². The number of benzene rings is 2. The van der Waals surface area contributed by atoms with E-state index in [0.717, 1.165) is 6.42 Å². The lowest BCUT2D eigenvalue weighted by Gasteiger charge is -2.11. The first kappa shape index (κ1) is 20.9. The molecule has 1 amide bonds. The minimum Gasteiger partial charge on any atom is -0.484 e. The fraction of sp³-hybridized carbons (Fsp3) is 0.208. The van der Waals surface area contributed by atoms with Crippen LogP contribution in [0.3, 0.4) is 0 Å². The third-order valence-corrected chi connectivity index (χ3v) is 5.41. The molecule has 2 aromatic carbocycles. The van der Waals surface area contributed by atoms with Gasteiger partial charge in [0.05, 0.1) is 10.7 Å². The number of carbonyl (C=O) groups is 1. The van der Waals surface area contributed by atoms with Gasteiger partial charge in [0.15, 0.2) is 17.8 Å². The Morgan fingerprint density at radius 2 is 2.00 bits per heavy atom. The van der Waals surface area contributed by atoms with E-state index in [9.17, 15) is 4.79 Å². The number of anilines is 1. The van der Waals surface area contributed by atoms with Gasteiger partial charge in [-0.1, -0.05) is 37.6 Å². The summed E-state index contributed by atoms with van der Waals surface area (Å²) < 4.78 is 11.3. The van der Waals surface area contributed by atoms with Gasteiger partial charge in [0, 0.05) is 11.8 Å². The third-order valence-electron chi connectivity index (χ3n) is 5.08. The molecule has 2 aromatic heterocycles. The maximum atomic E-state index is 12.4. The van der Waals surface area contributed by atoms with Crippen LogP contribution in [0, 0.1) is 0 Å². The lowest BCUT2D eigenvalue weighted by Crippen LogP contribution is -2.20. The zero-order valence-electron chi connectivity index (χ0n) is 17.3. The van der Waals surface area contributed by atoms with E-state index in [0.29, 0.717) is 45.1 Å². The summed E-state index contributed by atoms with van der Waals surface area (Å²) in [6, 6.07) is 16.6. The Morgan fingerprint density at radius 1 is 1.19 bits per heavy atom. The number of hydrogen-bond donors (Lipinski definition) is 1. The monoisotopic (exact) mass is 435 g/mol. The van der Waals surface area contributed by atoms with Crippen molar-refractivity contribution >= 4 is 34.4 Å². The second kappa shape index (κ2) is 9.18. The summed E-state index contributed by atoms with van der Waals surface area (Å²) in [4.78, 5) is 21.0. The van der Waals surface area contributed by atoms with Crippen LogP contribution in [0.15, 0.2) is 65.2 Å². The molecule has 7 heteroatoms. The number of ether oxygens (including phenoxy) is 1. The van der Waals surface area contributed by atoms with Crippen LogP contribution in [-0.2, 0) is 4.79 Å². The van der Waals surface area contributed by atoms with Crippen molar-refractivity contribution in [1.29, 1.82) is 0 Å². The summed E-state index contributed by atoms with van der Waals surface area (Å²) >= 11 is 6.27. The maximum Gasteiger partial charge on any atom is 0.262 e. The van der Waals surface area contributed by atoms with Crippen molar-refractivity contribution in [2.24, 2.45) is 0 Å². The van der Waals surface area contributed by atoms with Gasteiger partial charge in [0.25, 0.3) is 5.91 Å². The second-order valence-electron chi connectivity index (χ2n) is 7.25. The van der Waals surface area contributed by atoms with E-state index in [-0.39, 0.29) is 12.5 Å². The smallest absolute Gasteiger partial charge is 0.262 e. The van der Waals surface area contributed by atoms with Crippen molar-refractivity contribution in [3.63, 3.8) is 0 Å². The van der Waals surface area contributed by atoms with Crippen LogP contribution in [0.4, 0.5) is 5.69 Å². The van der Waals surface area contributed by atoms with Gasteiger partial charge in [-0.25, -0.2) is 4.98 Å². The molecule has 0 aliphatic carbocycles. The van der Waals surface area contributed by atoms with Crippen molar-refractivity contribution < 1.29 is 13.9 Å². The van der Waals surface area contributed by atoms with Crippen LogP contribution in [0.2, 0.25) is 5.02 Å². The van der Waals surface area contributed by atoms with E-state index in [2.05, 4.69) is 29.1 Å². The molecule has 158 valence electrons. The number of nitrogens with zero attached hydrogens (tertiary/aromatic N) is 2. The van der Waals surface area contributed by atoms with Gasteiger partial charge in [0.1, 0.15) is 5.75 Å². The van der Waals surface area contributed by atoms with E-state index < -0.39 is 0 Å². The Morgan fingerprint density at radius 3 is 2.74 bits per heavy atom. The molecule has 6 nitrogen and oxygen atoms in total. The summed E-state index contributed by atoms with van der Waals surface area (Å²) in [6.45, 7) is 4.20. The van der Waals surface area contributed by atoms with Crippen molar-refractivity contribution in [3.05, 3.63) is 71.4 Å². The first-order valence-corrected chi connectivity index (χ1v) is 10.5. The molecule has 2 heterocycles. The number of amides is 1. The number of rotatable bonds is 7. The molecular formula is C24H22ClN3O3. The lowest BCUT2D eigenvalue weighted by molar-refractivity contribution is -0.118. The Labute approximate surface area is 185 Å². The van der Waals surface area contributed by atoms with Gasteiger partial charge < -0.3 is 14.5 Å². The molecule has 0 bridgehead atoms. The molecule has 4 aromatic rings. The third kappa shape index (κ3) is 4.86. The van der Waals surface area contributed by atoms with Gasteiger partial charge in [0.2, 0.25) is 5.89 Å². The normalized spacial score (nSPS) is 12.0. The minimum absolute atomic E-state index is 0.129. The van der Waals surface area contributed by atoms with E-state index in [1.165, 1.54) is 5.56 Å². The molecule has 0 spiro atoms. The van der Waals surface area contributed by atoms with E-state index >= 15 is 0 Å². The van der Waals surface area contributed by atoms with Gasteiger partial charge in [-0.3, -0.25) is 4.79 Å². The molecule has 4 rings (SSSR count). The molecular weight excluding hydrogens is 414 g/mol. The summed E-state index contributed by atoms with van der Waals surface area (Å²) in [5.74, 6) is 1.22. The molecule has 1 atom stereocenters. The molecule has 1 N–H and O–H groups in total. The lowest BCUT2D eigenvalue weighted by atomic mass is 9.99. The van der Waals surface area contributed by atoms with Crippen LogP contribution in [0.1, 0.15) is 31.7 Å². The first-order chi connectivity index (χ1) is 15.0. The van der Waals surface area contributed by atoms with Crippen LogP contribution >= 0.6 is 11.6 Å². The molecule has 0 fully saturated rings. The fourth-order valence-electron chi connectivity index (χ4n) is 3.11. The second-order valence-corrected chi connectivity index (χ2v) is 7.66. The van der Waals surface area contributed by atoms with E-state index in [1.54, 1.807) is 36.5 Å². The number of fused-ring (bicyclic) bond motifs is 1. The quantitative estimate of drug-likeness (QED) is 0.381. The molecule has 1 unspecified atom stereocenters. The summed E-state index contributed by atoms with van der Waals surface area (Å²) in [5.41, 5.74) is 3.49. The van der Waals surface area contributed by atoms with Gasteiger partial charge in [-0.05, 0) is 60.4 Å². The zero-order valence-corrected chi connectivity index (χ0v) is 18.0. The van der Waals surface area contributed by atoms with Crippen molar-refractivity contribution in [3.8, 4) is 17.2 Å². The number of aromatic nitrogens is 2. The Balaban J connectivity index is 1.42. The van der Waals surface area contributed by atoms with Crippen LogP contribution in [0.25, 0.3) is 22.7 Å². The highest BCUT2D eigenvalue weighted by molar-refractivity contribution is 6.33. The summed E-state index contributed by atoms with van der Waals surface area (Å²) in [6.07, 6.45) is 2.72. The molecule has 31 heavy (non-hydrogen) atoms. The molecule has 0 saturated carbocycles. The highest BCUT2D eigenvalue weighted by Gasteiger charge is 2.13. The zero-order chi connectivity index (χ0) is 21.8. The molecule has 0 aliphatic rings. The van der Waals surface area contributed by atoms with Crippen molar-refractivity contribution in [2.45, 2.75) is 26.2 Å². The van der Waals surface area contributed by atoms with E-state index in [4.69, 9.17) is 20.8 Å². The number of oxazole rings is 1. The van der Waals surface area contributed by atoms with Crippen molar-refractivity contribution in [2.75, 3.05) is 11.9 Å². The van der Waals surface area contributed by atoms with Crippen LogP contribution in [-0.4, -0.2) is 22.5 Å². The maximum absolute atomic E-state index is 12.4. The van der Waals surface area contributed by atoms with Crippen molar-refractivity contribution in [1.82, 2.24) is 9.97 Å². The number of nitrogens with one attached hydrogen (secondary N) is 1. The number of carbonyl (C=O) groups excluding carboxylic acids is 1. The highest BCUT2D eigenvalue weighted by atomic mass is 35.5. The number of halogens is 1. The van der Waals surface area contributed by atoms with Crippen LogP contribution < -0.4 is 10.1 Å². The Bertz CT molecular complexity index is 1170. The molecule has 0 radical (unpaired) electrons. The summed E-state index contributed by atoms with van der Waals surface area (Å²) in [5, 5.41) is 3.19. The topological polar surface area (TPSA) is 77.2 Å². The number of hydrogen-bond acceptors (Lipinski definition) is 5. The summed E-state index contributed by atoms with van der Waals surface area (Å²) in [7, 11) is 0. The molecule has 0 saturated heterocycles. The highest BCUT2D eigenvalue weighted by Crippen LogP contribution is 2.30. The largest absolute Gasteiger partial charge is 0.484 e. The Kier molecular flexibility index (Phi) is 6.18. The van der Waals surface area contributed by atoms with E-state index in [1.807, 2.05) is 24.3 Å². The number of pyridine rings is 1. The minimum atomic E-state index is -0.315. The fourth-order valence-corrected chi connectivity index (χ4v) is 3.27. The standard InChI is InChI=1S/C24H22ClN3O3/c1-3-15(2)16-6-9-18(10-7-16)30-14-22(29)27-20-13-17(8-11-19(20)25)24-28-23-21(31-24)5-4-12-26-23/h4-13,15H,3,14H2,1-2H3,(H,27,29). The SMILES string of the molecule is CCC(C)c1ccc(OCC(=O)Nc2cc(-c3nc4ncccc4o3)ccc2Cl)cc1. The predicted octanol–water partition coefficient (Wildman–Crippen LogP) is 6.07. The van der Waals surface area contributed by atoms with Gasteiger partial charge >= 0.3 is 0 Å². The predicted molar refractivity (Wildman–Crippen MR) is 122 cm³/mol.